The van der Waals surface area contributed by atoms with Gasteiger partial charge in [0.2, 0.25) is 5.91 Å². The molecule has 0 spiro atoms. The number of nitrogens with one attached hydrogen (secondary N) is 2. The van der Waals surface area contributed by atoms with E-state index in [9.17, 15) is 9.90 Å². The van der Waals surface area contributed by atoms with Crippen LogP contribution in [-0.2, 0) is 11.2 Å². The van der Waals surface area contributed by atoms with Gasteiger partial charge in [0.25, 0.3) is 0 Å². The van der Waals surface area contributed by atoms with Crippen molar-refractivity contribution in [3.63, 3.8) is 0 Å². The summed E-state index contributed by atoms with van der Waals surface area (Å²) in [5, 5.41) is 17.9. The summed E-state index contributed by atoms with van der Waals surface area (Å²) >= 11 is 1.56. The first-order valence-electron chi connectivity index (χ1n) is 8.78. The van der Waals surface area contributed by atoms with Crippen molar-refractivity contribution in [1.82, 2.24) is 14.4 Å². The Labute approximate surface area is 155 Å². The number of hydrogen-bond acceptors (Lipinski definition) is 6. The standard InChI is InChI=1S/C18H21N5O2S/c24-13-5-3-12(4-6-13)20-17-18-19-7-8-23(18)11-15(22-17)21-16(25)10-14-2-1-9-26-14/h1-2,7-9,11-13,24H,3-6,10H2,(H,20,22)(H,21,25). The summed E-state index contributed by atoms with van der Waals surface area (Å²) in [5.74, 6) is 1.06. The molecule has 3 aromatic heterocycles. The lowest BCUT2D eigenvalue weighted by atomic mass is 9.93. The highest BCUT2D eigenvalue weighted by atomic mass is 32.1. The van der Waals surface area contributed by atoms with Crippen molar-refractivity contribution in [2.45, 2.75) is 44.2 Å². The summed E-state index contributed by atoms with van der Waals surface area (Å²) in [7, 11) is 0. The number of carbonyl (C=O) groups is 1. The predicted molar refractivity (Wildman–Crippen MR) is 102 cm³/mol. The summed E-state index contributed by atoms with van der Waals surface area (Å²) < 4.78 is 1.85. The molecule has 0 unspecified atom stereocenters. The number of thiophene rings is 1. The predicted octanol–water partition coefficient (Wildman–Crippen LogP) is 2.69. The second-order valence-corrected chi connectivity index (χ2v) is 7.62. The third-order valence-electron chi connectivity index (χ3n) is 4.59. The Balaban J connectivity index is 1.51. The molecule has 0 radical (unpaired) electrons. The lowest BCUT2D eigenvalue weighted by molar-refractivity contribution is -0.115. The van der Waals surface area contributed by atoms with E-state index in [1.165, 1.54) is 0 Å². The van der Waals surface area contributed by atoms with Gasteiger partial charge in [-0.05, 0) is 37.1 Å². The summed E-state index contributed by atoms with van der Waals surface area (Å²) in [6.07, 6.45) is 8.82. The Kier molecular flexibility index (Phi) is 4.85. The van der Waals surface area contributed by atoms with Crippen LogP contribution in [0.15, 0.2) is 36.1 Å². The fourth-order valence-electron chi connectivity index (χ4n) is 3.26. The summed E-state index contributed by atoms with van der Waals surface area (Å²) in [5.41, 5.74) is 0.729. The van der Waals surface area contributed by atoms with Crippen LogP contribution >= 0.6 is 11.3 Å². The van der Waals surface area contributed by atoms with Gasteiger partial charge >= 0.3 is 0 Å². The molecule has 26 heavy (non-hydrogen) atoms. The molecule has 0 bridgehead atoms. The molecule has 0 aromatic carbocycles. The number of rotatable bonds is 5. The molecule has 0 atom stereocenters. The van der Waals surface area contributed by atoms with Crippen molar-refractivity contribution in [2.75, 3.05) is 10.6 Å². The van der Waals surface area contributed by atoms with Gasteiger partial charge in [-0.2, -0.15) is 0 Å². The van der Waals surface area contributed by atoms with Crippen LogP contribution in [0.3, 0.4) is 0 Å². The number of nitrogens with zero attached hydrogens (tertiary/aromatic N) is 3. The first-order valence-corrected chi connectivity index (χ1v) is 9.66. The van der Waals surface area contributed by atoms with Crippen molar-refractivity contribution >= 4 is 34.5 Å². The van der Waals surface area contributed by atoms with Crippen LogP contribution in [0.25, 0.3) is 5.65 Å². The van der Waals surface area contributed by atoms with Gasteiger partial charge in [-0.1, -0.05) is 6.07 Å². The van der Waals surface area contributed by atoms with Crippen LogP contribution in [0.2, 0.25) is 0 Å². The van der Waals surface area contributed by atoms with Crippen LogP contribution in [0, 0.1) is 0 Å². The van der Waals surface area contributed by atoms with E-state index < -0.39 is 0 Å². The molecule has 0 saturated heterocycles. The van der Waals surface area contributed by atoms with Gasteiger partial charge in [0.1, 0.15) is 0 Å². The zero-order valence-corrected chi connectivity index (χ0v) is 15.1. The average molecular weight is 371 g/mol. The Bertz CT molecular complexity index is 884. The van der Waals surface area contributed by atoms with Crippen molar-refractivity contribution < 1.29 is 9.90 Å². The topological polar surface area (TPSA) is 91.6 Å². The molecular formula is C18H21N5O2S. The van der Waals surface area contributed by atoms with Gasteiger partial charge in [0, 0.05) is 23.3 Å². The molecule has 8 heteroatoms. The van der Waals surface area contributed by atoms with E-state index in [-0.39, 0.29) is 18.1 Å². The first-order chi connectivity index (χ1) is 12.7. The summed E-state index contributed by atoms with van der Waals surface area (Å²) in [4.78, 5) is 22.2. The number of carbonyl (C=O) groups excluding carboxylic acids is 1. The Morgan fingerprint density at radius 3 is 2.96 bits per heavy atom. The first kappa shape index (κ1) is 17.0. The number of amides is 1. The van der Waals surface area contributed by atoms with E-state index in [1.54, 1.807) is 23.7 Å². The average Bonchev–Trinajstić information content (AvgIpc) is 3.28. The highest BCUT2D eigenvalue weighted by molar-refractivity contribution is 7.10. The van der Waals surface area contributed by atoms with Gasteiger partial charge in [-0.15, -0.1) is 11.3 Å². The molecule has 1 saturated carbocycles. The van der Waals surface area contributed by atoms with Crippen LogP contribution < -0.4 is 10.6 Å². The number of anilines is 2. The number of imidazole rings is 1. The normalized spacial score (nSPS) is 20.2. The SMILES string of the molecule is O=C(Cc1cccs1)Nc1cn2ccnc2c(NC2CCC(O)CC2)n1. The minimum Gasteiger partial charge on any atom is -0.393 e. The number of aliphatic hydroxyl groups excluding tert-OH is 1. The smallest absolute Gasteiger partial charge is 0.230 e. The second-order valence-electron chi connectivity index (χ2n) is 6.59. The minimum atomic E-state index is -0.199. The Morgan fingerprint density at radius 2 is 2.19 bits per heavy atom. The third kappa shape index (κ3) is 3.86. The van der Waals surface area contributed by atoms with Crippen LogP contribution in [0.5, 0.6) is 0 Å². The molecule has 0 aliphatic heterocycles. The Morgan fingerprint density at radius 1 is 1.35 bits per heavy atom. The van der Waals surface area contributed by atoms with Gasteiger partial charge in [0.15, 0.2) is 17.3 Å². The van der Waals surface area contributed by atoms with E-state index >= 15 is 0 Å². The summed E-state index contributed by atoms with van der Waals surface area (Å²) in [6.45, 7) is 0. The van der Waals surface area contributed by atoms with Crippen molar-refractivity contribution in [2.24, 2.45) is 0 Å². The lowest BCUT2D eigenvalue weighted by Crippen LogP contribution is -2.29. The Hall–Kier alpha value is -2.45. The molecule has 136 valence electrons. The largest absolute Gasteiger partial charge is 0.393 e. The third-order valence-corrected chi connectivity index (χ3v) is 5.47. The fourth-order valence-corrected chi connectivity index (χ4v) is 3.96. The summed E-state index contributed by atoms with van der Waals surface area (Å²) in [6, 6.07) is 4.14. The van der Waals surface area contributed by atoms with Crippen molar-refractivity contribution in [3.05, 3.63) is 41.0 Å². The fraction of sp³-hybridized carbons (Fsp3) is 0.389. The van der Waals surface area contributed by atoms with Crippen LogP contribution in [-0.4, -0.2) is 37.5 Å². The van der Waals surface area contributed by atoms with E-state index in [1.807, 2.05) is 28.1 Å². The van der Waals surface area contributed by atoms with Crippen molar-refractivity contribution in [3.8, 4) is 0 Å². The van der Waals surface area contributed by atoms with Crippen LogP contribution in [0.1, 0.15) is 30.6 Å². The molecule has 1 fully saturated rings. The number of aliphatic hydroxyl groups is 1. The van der Waals surface area contributed by atoms with Gasteiger partial charge in [-0.3, -0.25) is 4.79 Å². The number of aromatic nitrogens is 3. The minimum absolute atomic E-state index is 0.0915. The molecular weight excluding hydrogens is 350 g/mol. The highest BCUT2D eigenvalue weighted by Crippen LogP contribution is 2.24. The van der Waals surface area contributed by atoms with E-state index in [0.717, 1.165) is 36.2 Å². The van der Waals surface area contributed by atoms with Gasteiger partial charge in [-0.25, -0.2) is 9.97 Å². The highest BCUT2D eigenvalue weighted by Gasteiger charge is 2.21. The van der Waals surface area contributed by atoms with Crippen LogP contribution in [0.4, 0.5) is 11.6 Å². The monoisotopic (exact) mass is 371 g/mol. The van der Waals surface area contributed by atoms with Gasteiger partial charge < -0.3 is 20.1 Å². The zero-order valence-electron chi connectivity index (χ0n) is 14.3. The second kappa shape index (κ2) is 7.43. The van der Waals surface area contributed by atoms with E-state index in [0.29, 0.717) is 18.1 Å². The zero-order chi connectivity index (χ0) is 17.9. The van der Waals surface area contributed by atoms with Gasteiger partial charge in [0.05, 0.1) is 18.7 Å². The van der Waals surface area contributed by atoms with E-state index in [2.05, 4.69) is 20.6 Å². The molecule has 7 nitrogen and oxygen atoms in total. The maximum Gasteiger partial charge on any atom is 0.230 e. The molecule has 3 heterocycles. The molecule has 1 aliphatic rings. The quantitative estimate of drug-likeness (QED) is 0.641. The maximum atomic E-state index is 12.3. The molecule has 1 amide bonds. The van der Waals surface area contributed by atoms with E-state index in [4.69, 9.17) is 0 Å². The molecule has 3 aromatic rings. The maximum absolute atomic E-state index is 12.3. The molecule has 1 aliphatic carbocycles. The number of fused-ring (bicyclic) bond motifs is 1. The molecule has 4 rings (SSSR count). The molecule has 3 N–H and O–H groups in total. The van der Waals surface area contributed by atoms with Crippen molar-refractivity contribution in [1.29, 1.82) is 0 Å². The lowest BCUT2D eigenvalue weighted by Gasteiger charge is -2.26. The number of hydrogen-bond donors (Lipinski definition) is 3.